The Hall–Kier alpha value is 0.310. The average molecular weight is 301 g/mol. The average Bonchev–Trinajstić information content (AvgIpc) is 2.93. The molecule has 120 valence electrons. The zero-order valence-corrected chi connectivity index (χ0v) is 14.4. The summed E-state index contributed by atoms with van der Waals surface area (Å²) in [7, 11) is 0. The van der Waals surface area contributed by atoms with Crippen LogP contribution in [0.15, 0.2) is 0 Å². The molecule has 0 bridgehead atoms. The van der Waals surface area contributed by atoms with Crippen molar-refractivity contribution in [3.8, 4) is 0 Å². The molecule has 1 saturated heterocycles. The van der Waals surface area contributed by atoms with Gasteiger partial charge in [-0.25, -0.2) is 0 Å². The van der Waals surface area contributed by atoms with Crippen molar-refractivity contribution < 1.29 is 5.11 Å². The Morgan fingerprint density at radius 3 is 1.75 bits per heavy atom. The molecule has 1 fully saturated rings. The van der Waals surface area contributed by atoms with Crippen molar-refractivity contribution in [3.05, 3.63) is 0 Å². The molecule has 0 amide bonds. The molecule has 20 heavy (non-hydrogen) atoms. The van der Waals surface area contributed by atoms with E-state index >= 15 is 0 Å². The predicted octanol–water partition coefficient (Wildman–Crippen LogP) is 5.94. The Kier molecular flexibility index (Phi) is 11.9. The van der Waals surface area contributed by atoms with Crippen molar-refractivity contribution in [2.45, 2.75) is 107 Å². The van der Waals surface area contributed by atoms with Crippen molar-refractivity contribution >= 4 is 11.8 Å². The smallest absolute Gasteiger partial charge is 0.0550 e. The number of aliphatic hydroxyl groups excluding tert-OH is 1. The zero-order valence-electron chi connectivity index (χ0n) is 13.6. The molecule has 0 aromatic heterocycles. The maximum absolute atomic E-state index is 9.12. The second-order valence-corrected chi connectivity index (χ2v) is 8.07. The molecule has 1 aliphatic heterocycles. The van der Waals surface area contributed by atoms with Crippen LogP contribution in [0.5, 0.6) is 0 Å². The Morgan fingerprint density at radius 2 is 1.25 bits per heavy atom. The van der Waals surface area contributed by atoms with Crippen LogP contribution in [0.4, 0.5) is 0 Å². The Bertz CT molecular complexity index is 208. The first kappa shape index (κ1) is 18.4. The van der Waals surface area contributed by atoms with Crippen LogP contribution < -0.4 is 0 Å². The number of hydrogen-bond donors (Lipinski definition) is 1. The Balaban J connectivity index is 1.75. The molecule has 2 unspecified atom stereocenters. The number of unbranched alkanes of at least 4 members (excludes halogenated alkanes) is 10. The number of rotatable bonds is 13. The van der Waals surface area contributed by atoms with Crippen molar-refractivity contribution in [1.82, 2.24) is 0 Å². The van der Waals surface area contributed by atoms with Crippen LogP contribution in [0.3, 0.4) is 0 Å². The third kappa shape index (κ3) is 9.28. The third-order valence-corrected chi connectivity index (χ3v) is 6.15. The first-order valence-electron chi connectivity index (χ1n) is 9.13. The highest BCUT2D eigenvalue weighted by molar-refractivity contribution is 8.00. The molecule has 1 heterocycles. The molecular formula is C18H36OS. The molecule has 1 N–H and O–H groups in total. The van der Waals surface area contributed by atoms with Crippen LogP contribution in [0, 0.1) is 0 Å². The van der Waals surface area contributed by atoms with Gasteiger partial charge in [0, 0.05) is 10.5 Å². The molecule has 2 atom stereocenters. The Labute approximate surface area is 131 Å². The van der Waals surface area contributed by atoms with Crippen LogP contribution in [-0.2, 0) is 0 Å². The monoisotopic (exact) mass is 300 g/mol. The van der Waals surface area contributed by atoms with Crippen molar-refractivity contribution in [2.75, 3.05) is 6.61 Å². The molecule has 0 aromatic carbocycles. The summed E-state index contributed by atoms with van der Waals surface area (Å²) in [6, 6.07) is 0. The highest BCUT2D eigenvalue weighted by Gasteiger charge is 2.23. The second-order valence-electron chi connectivity index (χ2n) is 6.46. The van der Waals surface area contributed by atoms with Gasteiger partial charge in [0.25, 0.3) is 0 Å². The minimum Gasteiger partial charge on any atom is -0.395 e. The molecule has 0 aliphatic carbocycles. The summed E-state index contributed by atoms with van der Waals surface area (Å²) in [6.07, 6.45) is 19.8. The van der Waals surface area contributed by atoms with Gasteiger partial charge in [0.15, 0.2) is 0 Å². The fourth-order valence-electron chi connectivity index (χ4n) is 3.16. The summed E-state index contributed by atoms with van der Waals surface area (Å²) in [5, 5.41) is 10.5. The summed E-state index contributed by atoms with van der Waals surface area (Å²) in [5.74, 6) is 0. The number of aliphatic hydroxyl groups is 1. The lowest BCUT2D eigenvalue weighted by molar-refractivity contribution is 0.292. The number of hydrogen-bond acceptors (Lipinski definition) is 2. The summed E-state index contributed by atoms with van der Waals surface area (Å²) in [4.78, 5) is 0. The van der Waals surface area contributed by atoms with E-state index in [1.165, 1.54) is 89.9 Å². The minimum absolute atomic E-state index is 0.388. The van der Waals surface area contributed by atoms with E-state index in [4.69, 9.17) is 5.11 Å². The van der Waals surface area contributed by atoms with E-state index in [0.717, 1.165) is 5.25 Å². The summed E-state index contributed by atoms with van der Waals surface area (Å²) >= 11 is 2.04. The normalized spacial score (nSPS) is 22.5. The molecule has 0 spiro atoms. The van der Waals surface area contributed by atoms with E-state index in [0.29, 0.717) is 11.9 Å². The summed E-state index contributed by atoms with van der Waals surface area (Å²) < 4.78 is 0. The fraction of sp³-hybridized carbons (Fsp3) is 1.00. The predicted molar refractivity (Wildman–Crippen MR) is 92.6 cm³/mol. The molecule has 1 rings (SSSR count). The summed E-state index contributed by atoms with van der Waals surface area (Å²) in [6.45, 7) is 2.67. The fourth-order valence-corrected chi connectivity index (χ4v) is 4.64. The third-order valence-electron chi connectivity index (χ3n) is 4.53. The molecular weight excluding hydrogens is 264 g/mol. The van der Waals surface area contributed by atoms with E-state index < -0.39 is 0 Å². The van der Waals surface area contributed by atoms with E-state index in [2.05, 4.69) is 6.92 Å². The van der Waals surface area contributed by atoms with Gasteiger partial charge in [-0.3, -0.25) is 0 Å². The molecule has 0 aromatic rings. The van der Waals surface area contributed by atoms with E-state index in [9.17, 15) is 0 Å². The van der Waals surface area contributed by atoms with Gasteiger partial charge in [-0.15, -0.1) is 0 Å². The SMILES string of the molecule is CCCCCCCCCCCCCC1CCC(CO)S1. The molecule has 2 heteroatoms. The van der Waals surface area contributed by atoms with Gasteiger partial charge in [0.05, 0.1) is 6.61 Å². The standard InChI is InChI=1S/C18H36OS/c1-2-3-4-5-6-7-8-9-10-11-12-13-17-14-15-18(16-19)20-17/h17-19H,2-16H2,1H3. The lowest BCUT2D eigenvalue weighted by Gasteiger charge is -2.09. The molecule has 0 saturated carbocycles. The van der Waals surface area contributed by atoms with Gasteiger partial charge in [0.1, 0.15) is 0 Å². The highest BCUT2D eigenvalue weighted by Crippen LogP contribution is 2.36. The lowest BCUT2D eigenvalue weighted by atomic mass is 10.0. The van der Waals surface area contributed by atoms with Gasteiger partial charge in [-0.2, -0.15) is 11.8 Å². The zero-order chi connectivity index (χ0) is 14.5. The van der Waals surface area contributed by atoms with Crippen molar-refractivity contribution in [2.24, 2.45) is 0 Å². The van der Waals surface area contributed by atoms with Crippen molar-refractivity contribution in [1.29, 1.82) is 0 Å². The van der Waals surface area contributed by atoms with E-state index in [1.54, 1.807) is 0 Å². The van der Waals surface area contributed by atoms with Gasteiger partial charge in [0.2, 0.25) is 0 Å². The van der Waals surface area contributed by atoms with Crippen LogP contribution >= 0.6 is 11.8 Å². The first-order valence-corrected chi connectivity index (χ1v) is 10.1. The van der Waals surface area contributed by atoms with Crippen molar-refractivity contribution in [3.63, 3.8) is 0 Å². The number of thioether (sulfide) groups is 1. The van der Waals surface area contributed by atoms with Crippen LogP contribution in [-0.4, -0.2) is 22.2 Å². The highest BCUT2D eigenvalue weighted by atomic mass is 32.2. The van der Waals surface area contributed by atoms with Gasteiger partial charge in [-0.1, -0.05) is 77.6 Å². The molecule has 1 nitrogen and oxygen atoms in total. The van der Waals surface area contributed by atoms with Crippen LogP contribution in [0.1, 0.15) is 96.8 Å². The topological polar surface area (TPSA) is 20.2 Å². The first-order chi connectivity index (χ1) is 9.86. The quantitative estimate of drug-likeness (QED) is 0.424. The second kappa shape index (κ2) is 13.0. The largest absolute Gasteiger partial charge is 0.395 e. The van der Waals surface area contributed by atoms with E-state index in [1.807, 2.05) is 11.8 Å². The van der Waals surface area contributed by atoms with Gasteiger partial charge < -0.3 is 5.11 Å². The van der Waals surface area contributed by atoms with Gasteiger partial charge in [-0.05, 0) is 19.3 Å². The lowest BCUT2D eigenvalue weighted by Crippen LogP contribution is -2.02. The molecule has 0 radical (unpaired) electrons. The van der Waals surface area contributed by atoms with Crippen LogP contribution in [0.2, 0.25) is 0 Å². The van der Waals surface area contributed by atoms with Crippen LogP contribution in [0.25, 0.3) is 0 Å². The summed E-state index contributed by atoms with van der Waals surface area (Å²) in [5.41, 5.74) is 0. The maximum Gasteiger partial charge on any atom is 0.0550 e. The molecule has 1 aliphatic rings. The van der Waals surface area contributed by atoms with E-state index in [-0.39, 0.29) is 0 Å². The van der Waals surface area contributed by atoms with Gasteiger partial charge >= 0.3 is 0 Å². The Morgan fingerprint density at radius 1 is 0.750 bits per heavy atom. The minimum atomic E-state index is 0.388. The maximum atomic E-state index is 9.12.